The maximum Gasteiger partial charge on any atom is 0.136 e. The van der Waals surface area contributed by atoms with E-state index < -0.39 is 0 Å². The molecule has 6 heteroatoms. The zero-order chi connectivity index (χ0) is 18.6. The molecule has 1 saturated heterocycles. The van der Waals surface area contributed by atoms with E-state index in [1.807, 2.05) is 37.3 Å². The molecule has 0 atom stereocenters. The average Bonchev–Trinajstić information content (AvgIpc) is 3.19. The van der Waals surface area contributed by atoms with Gasteiger partial charge in [0, 0.05) is 41.2 Å². The predicted molar refractivity (Wildman–Crippen MR) is 113 cm³/mol. The molecule has 2 heterocycles. The van der Waals surface area contributed by atoms with E-state index >= 15 is 0 Å². The summed E-state index contributed by atoms with van der Waals surface area (Å²) in [5.74, 6) is 2.19. The number of anilines is 5. The molecule has 1 aliphatic rings. The topological polar surface area (TPSA) is 53.1 Å². The van der Waals surface area contributed by atoms with Crippen LogP contribution in [0.5, 0.6) is 0 Å². The van der Waals surface area contributed by atoms with Gasteiger partial charge in [-0.05, 0) is 68.3 Å². The van der Waals surface area contributed by atoms with Crippen LogP contribution in [0.3, 0.4) is 0 Å². The molecule has 0 unspecified atom stereocenters. The first-order chi connectivity index (χ1) is 13.2. The number of hydrogen-bond acceptors (Lipinski definition) is 5. The van der Waals surface area contributed by atoms with Gasteiger partial charge in [-0.2, -0.15) is 0 Å². The van der Waals surface area contributed by atoms with E-state index in [0.29, 0.717) is 10.8 Å². The Morgan fingerprint density at radius 3 is 1.89 bits per heavy atom. The molecule has 3 aromatic rings. The van der Waals surface area contributed by atoms with Crippen LogP contribution in [-0.4, -0.2) is 23.1 Å². The fraction of sp³-hybridized carbons (Fsp3) is 0.238. The summed E-state index contributed by atoms with van der Waals surface area (Å²) in [6.45, 7) is 4.18. The second-order valence-electron chi connectivity index (χ2n) is 6.68. The van der Waals surface area contributed by atoms with Crippen LogP contribution in [0.4, 0.5) is 28.7 Å². The van der Waals surface area contributed by atoms with Crippen LogP contribution in [0.15, 0.2) is 54.6 Å². The van der Waals surface area contributed by atoms with Gasteiger partial charge in [-0.25, -0.2) is 9.97 Å². The van der Waals surface area contributed by atoms with Crippen molar-refractivity contribution in [2.75, 3.05) is 28.6 Å². The van der Waals surface area contributed by atoms with Gasteiger partial charge in [0.25, 0.3) is 0 Å². The lowest BCUT2D eigenvalue weighted by Crippen LogP contribution is -2.17. The molecule has 27 heavy (non-hydrogen) atoms. The summed E-state index contributed by atoms with van der Waals surface area (Å²) in [5, 5.41) is 7.36. The minimum absolute atomic E-state index is 0.699. The molecule has 2 N–H and O–H groups in total. The molecule has 0 aliphatic carbocycles. The zero-order valence-corrected chi connectivity index (χ0v) is 16.0. The van der Waals surface area contributed by atoms with Crippen molar-refractivity contribution in [3.63, 3.8) is 0 Å². The Labute approximate surface area is 164 Å². The Hall–Kier alpha value is -2.79. The van der Waals surface area contributed by atoms with Crippen molar-refractivity contribution in [1.29, 1.82) is 0 Å². The molecule has 0 saturated carbocycles. The molecule has 1 aromatic heterocycles. The first kappa shape index (κ1) is 17.6. The number of nitrogens with zero attached hydrogens (tertiary/aromatic N) is 3. The fourth-order valence-electron chi connectivity index (χ4n) is 3.26. The van der Waals surface area contributed by atoms with Gasteiger partial charge >= 0.3 is 0 Å². The van der Waals surface area contributed by atoms with Gasteiger partial charge in [-0.3, -0.25) is 0 Å². The summed E-state index contributed by atoms with van der Waals surface area (Å²) in [4.78, 5) is 11.4. The number of nitrogens with one attached hydrogen (secondary N) is 2. The lowest BCUT2D eigenvalue weighted by molar-refractivity contribution is 0.949. The summed E-state index contributed by atoms with van der Waals surface area (Å²) in [6, 6.07) is 17.9. The predicted octanol–water partition coefficient (Wildman–Crippen LogP) is 5.53. The van der Waals surface area contributed by atoms with Crippen LogP contribution in [0.1, 0.15) is 18.7 Å². The van der Waals surface area contributed by atoms with Gasteiger partial charge in [0.15, 0.2) is 0 Å². The average molecular weight is 380 g/mol. The molecule has 2 aromatic carbocycles. The first-order valence-corrected chi connectivity index (χ1v) is 9.54. The van der Waals surface area contributed by atoms with E-state index in [2.05, 4.69) is 49.8 Å². The number of rotatable bonds is 5. The largest absolute Gasteiger partial charge is 0.372 e. The first-order valence-electron chi connectivity index (χ1n) is 9.16. The van der Waals surface area contributed by atoms with E-state index in [-0.39, 0.29) is 0 Å². The Morgan fingerprint density at radius 1 is 0.815 bits per heavy atom. The smallest absolute Gasteiger partial charge is 0.136 e. The van der Waals surface area contributed by atoms with E-state index in [9.17, 15) is 0 Å². The quantitative estimate of drug-likeness (QED) is 0.610. The molecule has 138 valence electrons. The Bertz CT molecular complexity index is 903. The standard InChI is InChI=1S/C21H22ClN5/c1-15-23-20(25-17-6-4-16(22)5-7-17)14-21(24-15)26-18-8-10-19(11-9-18)27-12-2-3-13-27/h4-11,14H,2-3,12-13H2,1H3,(H2,23,24,25,26). The third-order valence-electron chi connectivity index (χ3n) is 4.57. The van der Waals surface area contributed by atoms with Gasteiger partial charge in [0.1, 0.15) is 17.5 Å². The van der Waals surface area contributed by atoms with Crippen LogP contribution in [0, 0.1) is 6.92 Å². The van der Waals surface area contributed by atoms with Gasteiger partial charge in [-0.15, -0.1) is 0 Å². The minimum Gasteiger partial charge on any atom is -0.372 e. The van der Waals surface area contributed by atoms with Crippen molar-refractivity contribution in [2.45, 2.75) is 19.8 Å². The summed E-state index contributed by atoms with van der Waals surface area (Å²) >= 11 is 5.94. The van der Waals surface area contributed by atoms with Crippen LogP contribution < -0.4 is 15.5 Å². The third kappa shape index (κ3) is 4.49. The lowest BCUT2D eigenvalue weighted by atomic mass is 10.2. The van der Waals surface area contributed by atoms with E-state index in [0.717, 1.165) is 36.1 Å². The zero-order valence-electron chi connectivity index (χ0n) is 15.2. The normalized spacial score (nSPS) is 13.6. The highest BCUT2D eigenvalue weighted by Crippen LogP contribution is 2.25. The summed E-state index contributed by atoms with van der Waals surface area (Å²) in [7, 11) is 0. The van der Waals surface area contributed by atoms with Crippen LogP contribution in [0.25, 0.3) is 0 Å². The van der Waals surface area contributed by atoms with Gasteiger partial charge < -0.3 is 15.5 Å². The monoisotopic (exact) mass is 379 g/mol. The molecule has 0 spiro atoms. The summed E-state index contributed by atoms with van der Waals surface area (Å²) in [6.07, 6.45) is 2.56. The molecule has 0 bridgehead atoms. The fourth-order valence-corrected chi connectivity index (χ4v) is 3.38. The van der Waals surface area contributed by atoms with Crippen molar-refractivity contribution in [3.8, 4) is 0 Å². The van der Waals surface area contributed by atoms with Crippen molar-refractivity contribution in [1.82, 2.24) is 9.97 Å². The molecule has 5 nitrogen and oxygen atoms in total. The van der Waals surface area contributed by atoms with E-state index in [4.69, 9.17) is 11.6 Å². The van der Waals surface area contributed by atoms with Gasteiger partial charge in [0.05, 0.1) is 0 Å². The number of benzene rings is 2. The number of hydrogen-bond donors (Lipinski definition) is 2. The Morgan fingerprint density at radius 2 is 1.33 bits per heavy atom. The molecule has 1 aliphatic heterocycles. The van der Waals surface area contributed by atoms with Gasteiger partial charge in [-0.1, -0.05) is 11.6 Å². The summed E-state index contributed by atoms with van der Waals surface area (Å²) < 4.78 is 0. The van der Waals surface area contributed by atoms with Crippen molar-refractivity contribution < 1.29 is 0 Å². The molecule has 1 fully saturated rings. The number of aromatic nitrogens is 2. The van der Waals surface area contributed by atoms with Crippen LogP contribution in [0.2, 0.25) is 5.02 Å². The minimum atomic E-state index is 0.699. The van der Waals surface area contributed by atoms with Crippen molar-refractivity contribution in [3.05, 3.63) is 65.4 Å². The van der Waals surface area contributed by atoms with Gasteiger partial charge in [0.2, 0.25) is 0 Å². The molecule has 0 amide bonds. The lowest BCUT2D eigenvalue weighted by Gasteiger charge is -2.18. The molecule has 0 radical (unpaired) electrons. The third-order valence-corrected chi connectivity index (χ3v) is 4.82. The molecular formula is C21H22ClN5. The van der Waals surface area contributed by atoms with Crippen molar-refractivity contribution >= 4 is 40.3 Å². The molecule has 4 rings (SSSR count). The highest BCUT2D eigenvalue weighted by atomic mass is 35.5. The Kier molecular flexibility index (Phi) is 5.12. The van der Waals surface area contributed by atoms with Crippen LogP contribution >= 0.6 is 11.6 Å². The van der Waals surface area contributed by atoms with E-state index in [1.54, 1.807) is 0 Å². The highest BCUT2D eigenvalue weighted by molar-refractivity contribution is 6.30. The second-order valence-corrected chi connectivity index (χ2v) is 7.12. The second kappa shape index (κ2) is 7.84. The number of aryl methyl sites for hydroxylation is 1. The maximum absolute atomic E-state index is 5.94. The Balaban J connectivity index is 1.48. The van der Waals surface area contributed by atoms with E-state index in [1.165, 1.54) is 18.5 Å². The van der Waals surface area contributed by atoms with Crippen LogP contribution in [-0.2, 0) is 0 Å². The summed E-state index contributed by atoms with van der Waals surface area (Å²) in [5.41, 5.74) is 3.22. The highest BCUT2D eigenvalue weighted by Gasteiger charge is 2.12. The SMILES string of the molecule is Cc1nc(Nc2ccc(Cl)cc2)cc(Nc2ccc(N3CCCC3)cc2)n1. The van der Waals surface area contributed by atoms with Crippen molar-refractivity contribution in [2.24, 2.45) is 0 Å². The maximum atomic E-state index is 5.94. The molecular weight excluding hydrogens is 358 g/mol. The number of halogens is 1.